The smallest absolute Gasteiger partial charge is 0.0650 e. The molecule has 4 aliphatic rings. The van der Waals surface area contributed by atoms with Crippen LogP contribution in [0.1, 0.15) is 126 Å². The topological polar surface area (TPSA) is 60.7 Å². The molecule has 3 nitrogen and oxygen atoms in total. The third-order valence-electron chi connectivity index (χ3n) is 12.6. The summed E-state index contributed by atoms with van der Waals surface area (Å²) < 4.78 is 0. The van der Waals surface area contributed by atoms with E-state index in [1.807, 2.05) is 13.8 Å². The van der Waals surface area contributed by atoms with E-state index in [9.17, 15) is 15.3 Å². The Hall–Kier alpha value is -0.120. The van der Waals surface area contributed by atoms with Gasteiger partial charge in [0.05, 0.1) is 17.3 Å². The lowest BCUT2D eigenvalue weighted by Gasteiger charge is -2.70. The van der Waals surface area contributed by atoms with E-state index >= 15 is 0 Å². The lowest BCUT2D eigenvalue weighted by molar-refractivity contribution is -0.225. The van der Waals surface area contributed by atoms with Crippen molar-refractivity contribution in [3.8, 4) is 0 Å². The highest BCUT2D eigenvalue weighted by atomic mass is 16.3. The Morgan fingerprint density at radius 2 is 1.36 bits per heavy atom. The molecule has 0 spiro atoms. The van der Waals surface area contributed by atoms with Crippen molar-refractivity contribution in [2.24, 2.45) is 45.3 Å². The van der Waals surface area contributed by atoms with E-state index in [0.717, 1.165) is 38.0 Å². The molecule has 0 aliphatic heterocycles. The molecule has 9 atom stereocenters. The molecule has 3 heteroatoms. The van der Waals surface area contributed by atoms with Gasteiger partial charge in [-0.25, -0.2) is 0 Å². The molecule has 4 saturated carbocycles. The van der Waals surface area contributed by atoms with Gasteiger partial charge >= 0.3 is 0 Å². The van der Waals surface area contributed by atoms with Crippen LogP contribution in [0.2, 0.25) is 0 Å². The van der Waals surface area contributed by atoms with E-state index in [-0.39, 0.29) is 16.9 Å². The Bertz CT molecular complexity index is 735. The van der Waals surface area contributed by atoms with Crippen LogP contribution in [0.25, 0.3) is 0 Å². The van der Waals surface area contributed by atoms with Crippen molar-refractivity contribution in [2.45, 2.75) is 143 Å². The minimum atomic E-state index is -0.652. The van der Waals surface area contributed by atoms with E-state index in [4.69, 9.17) is 0 Å². The van der Waals surface area contributed by atoms with Gasteiger partial charge in [-0.1, -0.05) is 34.6 Å². The quantitative estimate of drug-likeness (QED) is 0.425. The molecule has 0 saturated heterocycles. The lowest BCUT2D eigenvalue weighted by Crippen LogP contribution is -2.64. The van der Waals surface area contributed by atoms with Crippen LogP contribution >= 0.6 is 0 Å². The third-order valence-corrected chi connectivity index (χ3v) is 12.6. The Labute approximate surface area is 204 Å². The second kappa shape index (κ2) is 7.94. The molecule has 3 N–H and O–H groups in total. The number of aliphatic hydroxyl groups excluding tert-OH is 1. The second-order valence-electron chi connectivity index (χ2n) is 15.2. The van der Waals surface area contributed by atoms with Crippen LogP contribution in [0.4, 0.5) is 0 Å². The molecule has 0 aromatic heterocycles. The number of rotatable bonds is 5. The van der Waals surface area contributed by atoms with Gasteiger partial charge in [-0.2, -0.15) is 0 Å². The first-order valence-electron chi connectivity index (χ1n) is 14.1. The van der Waals surface area contributed by atoms with Crippen molar-refractivity contribution in [3.63, 3.8) is 0 Å². The minimum Gasteiger partial charge on any atom is -0.393 e. The molecule has 33 heavy (non-hydrogen) atoms. The zero-order valence-corrected chi connectivity index (χ0v) is 23.0. The standard InChI is InChI=1S/C30H54O3/c1-25(2,32)15-9-16-30(8,33)21-12-18-28(6)20(21)10-11-23-27(5)17-14-24(31)26(3,4)22(27)13-19-29(23,28)7/h20-24,31-33H,9-19H2,1-8H3/t20-,21+,22+,23-,24+,27+,28-,29-,30+/m1/s1. The van der Waals surface area contributed by atoms with E-state index in [0.29, 0.717) is 28.6 Å². The maximum Gasteiger partial charge on any atom is 0.0650 e. The Balaban J connectivity index is 1.58. The molecule has 0 aromatic rings. The zero-order valence-electron chi connectivity index (χ0n) is 23.0. The molecule has 0 bridgehead atoms. The molecule has 0 amide bonds. The summed E-state index contributed by atoms with van der Waals surface area (Å²) in [7, 11) is 0. The van der Waals surface area contributed by atoms with Gasteiger partial charge in [-0.05, 0) is 137 Å². The van der Waals surface area contributed by atoms with Crippen molar-refractivity contribution in [1.29, 1.82) is 0 Å². The summed E-state index contributed by atoms with van der Waals surface area (Å²) in [4.78, 5) is 0. The molecule has 192 valence electrons. The van der Waals surface area contributed by atoms with Crippen LogP contribution < -0.4 is 0 Å². The predicted octanol–water partition coefficient (Wildman–Crippen LogP) is 6.72. The number of fused-ring (bicyclic) bond motifs is 5. The molecule has 4 rings (SSSR count). The molecule has 4 aliphatic carbocycles. The summed E-state index contributed by atoms with van der Waals surface area (Å²) in [5.74, 6) is 2.29. The minimum absolute atomic E-state index is 0.00838. The summed E-state index contributed by atoms with van der Waals surface area (Å²) in [5.41, 5.74) is -0.367. The molecular formula is C30H54O3. The highest BCUT2D eigenvalue weighted by Gasteiger charge is 2.69. The summed E-state index contributed by atoms with van der Waals surface area (Å²) >= 11 is 0. The van der Waals surface area contributed by atoms with E-state index < -0.39 is 11.2 Å². The van der Waals surface area contributed by atoms with E-state index in [2.05, 4.69) is 41.5 Å². The molecule has 0 heterocycles. The zero-order chi connectivity index (χ0) is 24.7. The van der Waals surface area contributed by atoms with Crippen molar-refractivity contribution in [3.05, 3.63) is 0 Å². The van der Waals surface area contributed by atoms with E-state index in [1.165, 1.54) is 38.5 Å². The third kappa shape index (κ3) is 3.86. The van der Waals surface area contributed by atoms with Crippen LogP contribution in [0, 0.1) is 45.3 Å². The summed E-state index contributed by atoms with van der Waals surface area (Å²) in [6.07, 6.45) is 11.8. The highest BCUT2D eigenvalue weighted by molar-refractivity contribution is 5.18. The fourth-order valence-corrected chi connectivity index (χ4v) is 10.5. The predicted molar refractivity (Wildman–Crippen MR) is 136 cm³/mol. The monoisotopic (exact) mass is 462 g/mol. The van der Waals surface area contributed by atoms with Gasteiger partial charge in [0.25, 0.3) is 0 Å². The van der Waals surface area contributed by atoms with Gasteiger partial charge in [-0.15, -0.1) is 0 Å². The van der Waals surface area contributed by atoms with Gasteiger partial charge in [0.1, 0.15) is 0 Å². The molecule has 0 radical (unpaired) electrons. The van der Waals surface area contributed by atoms with E-state index in [1.54, 1.807) is 0 Å². The first kappa shape index (κ1) is 26.0. The maximum atomic E-state index is 11.7. The fraction of sp³-hybridized carbons (Fsp3) is 1.00. The first-order valence-corrected chi connectivity index (χ1v) is 14.1. The molecule has 0 aromatic carbocycles. The van der Waals surface area contributed by atoms with Crippen molar-refractivity contribution in [2.75, 3.05) is 0 Å². The first-order chi connectivity index (χ1) is 15.0. The van der Waals surface area contributed by atoms with Crippen molar-refractivity contribution < 1.29 is 15.3 Å². The Morgan fingerprint density at radius 1 is 0.727 bits per heavy atom. The van der Waals surface area contributed by atoms with Crippen LogP contribution in [-0.2, 0) is 0 Å². The van der Waals surface area contributed by atoms with Gasteiger partial charge in [0.15, 0.2) is 0 Å². The average Bonchev–Trinajstić information content (AvgIpc) is 3.03. The van der Waals surface area contributed by atoms with Crippen LogP contribution in [0.15, 0.2) is 0 Å². The van der Waals surface area contributed by atoms with Crippen molar-refractivity contribution in [1.82, 2.24) is 0 Å². The normalized spacial score (nSPS) is 49.0. The van der Waals surface area contributed by atoms with Gasteiger partial charge in [-0.3, -0.25) is 0 Å². The lowest BCUT2D eigenvalue weighted by atomic mass is 9.35. The van der Waals surface area contributed by atoms with Gasteiger partial charge in [0, 0.05) is 0 Å². The van der Waals surface area contributed by atoms with Crippen LogP contribution in [0.3, 0.4) is 0 Å². The SMILES string of the molecule is CC(C)(O)CCC[C@](C)(O)[C@H]1CC[C@]2(C)[C@@H]1CC[C@@H]1[C@@]3(C)CC[C@H](O)C(C)(C)[C@@H]3CC[C@]12C. The van der Waals surface area contributed by atoms with Gasteiger partial charge < -0.3 is 15.3 Å². The Kier molecular flexibility index (Phi) is 6.24. The number of aliphatic hydroxyl groups is 3. The molecular weight excluding hydrogens is 408 g/mol. The summed E-state index contributed by atoms with van der Waals surface area (Å²) in [6.45, 7) is 18.3. The summed E-state index contributed by atoms with van der Waals surface area (Å²) in [6, 6.07) is 0. The largest absolute Gasteiger partial charge is 0.393 e. The summed E-state index contributed by atoms with van der Waals surface area (Å²) in [5, 5.41) is 32.7. The highest BCUT2D eigenvalue weighted by Crippen LogP contribution is 2.75. The maximum absolute atomic E-state index is 11.7. The van der Waals surface area contributed by atoms with Crippen molar-refractivity contribution >= 4 is 0 Å². The van der Waals surface area contributed by atoms with Crippen LogP contribution in [-0.4, -0.2) is 32.6 Å². The number of hydrogen-bond donors (Lipinski definition) is 3. The van der Waals surface area contributed by atoms with Crippen LogP contribution in [0.5, 0.6) is 0 Å². The average molecular weight is 463 g/mol. The number of hydrogen-bond acceptors (Lipinski definition) is 3. The Morgan fingerprint density at radius 3 is 2.00 bits per heavy atom. The fourth-order valence-electron chi connectivity index (χ4n) is 10.5. The second-order valence-corrected chi connectivity index (χ2v) is 15.2. The van der Waals surface area contributed by atoms with Gasteiger partial charge in [0.2, 0.25) is 0 Å². The molecule has 4 fully saturated rings. The molecule has 0 unspecified atom stereocenters.